The Kier molecular flexibility index (Phi) is 6.20. The largest absolute Gasteiger partial charge is 0.389 e. The third-order valence-corrected chi connectivity index (χ3v) is 7.09. The van der Waals surface area contributed by atoms with E-state index in [0.29, 0.717) is 18.4 Å². The first kappa shape index (κ1) is 23.3. The topological polar surface area (TPSA) is 110 Å². The number of imide groups is 1. The molecule has 1 saturated carbocycles. The van der Waals surface area contributed by atoms with Crippen LogP contribution in [0, 0.1) is 11.8 Å². The van der Waals surface area contributed by atoms with Crippen LogP contribution in [0.1, 0.15) is 83.7 Å². The molecule has 2 unspecified atom stereocenters. The number of alkyl halides is 3. The summed E-state index contributed by atoms with van der Waals surface area (Å²) in [5, 5.41) is 2.20. The van der Waals surface area contributed by atoms with Crippen molar-refractivity contribution in [1.82, 2.24) is 10.2 Å². The Morgan fingerprint density at radius 2 is 1.82 bits per heavy atom. The van der Waals surface area contributed by atoms with E-state index in [1.807, 2.05) is 0 Å². The molecule has 4 amide bonds. The van der Waals surface area contributed by atoms with Crippen molar-refractivity contribution < 1.29 is 32.3 Å². The highest BCUT2D eigenvalue weighted by atomic mass is 19.4. The molecule has 1 aromatic rings. The van der Waals surface area contributed by atoms with Gasteiger partial charge in [-0.1, -0.05) is 32.1 Å². The smallest absolute Gasteiger partial charge is 0.366 e. The molecule has 0 radical (unpaired) electrons. The van der Waals surface area contributed by atoms with Crippen molar-refractivity contribution in [3.63, 3.8) is 0 Å². The summed E-state index contributed by atoms with van der Waals surface area (Å²) in [6.07, 6.45) is -1.84. The van der Waals surface area contributed by atoms with E-state index in [0.717, 1.165) is 19.3 Å². The van der Waals surface area contributed by atoms with Crippen LogP contribution in [-0.4, -0.2) is 40.7 Å². The Morgan fingerprint density at radius 3 is 2.42 bits per heavy atom. The molecule has 33 heavy (non-hydrogen) atoms. The first-order valence-electron chi connectivity index (χ1n) is 11.2. The molecule has 1 aromatic carbocycles. The second-order valence-corrected chi connectivity index (χ2v) is 9.17. The van der Waals surface area contributed by atoms with E-state index in [1.54, 1.807) is 0 Å². The first-order valence-corrected chi connectivity index (χ1v) is 11.2. The number of nitrogens with zero attached hydrogens (tertiary/aromatic N) is 1. The minimum absolute atomic E-state index is 0.0108. The summed E-state index contributed by atoms with van der Waals surface area (Å²) in [7, 11) is 0. The summed E-state index contributed by atoms with van der Waals surface area (Å²) in [6, 6.07) is 2.04. The molecule has 2 fully saturated rings. The Morgan fingerprint density at radius 1 is 1.12 bits per heavy atom. The van der Waals surface area contributed by atoms with E-state index >= 15 is 0 Å². The summed E-state index contributed by atoms with van der Waals surface area (Å²) in [6.45, 7) is 0. The number of benzene rings is 1. The maximum Gasteiger partial charge on any atom is 0.389 e. The molecule has 0 aromatic heterocycles. The maximum absolute atomic E-state index is 13.8. The van der Waals surface area contributed by atoms with Crippen LogP contribution < -0.4 is 11.1 Å². The van der Waals surface area contributed by atoms with E-state index in [2.05, 4.69) is 5.32 Å². The van der Waals surface area contributed by atoms with E-state index in [1.165, 1.54) is 23.1 Å². The number of hydrogen-bond donors (Lipinski definition) is 2. The lowest BCUT2D eigenvalue weighted by molar-refractivity contribution is -0.156. The predicted molar refractivity (Wildman–Crippen MR) is 111 cm³/mol. The van der Waals surface area contributed by atoms with Gasteiger partial charge in [0.2, 0.25) is 17.7 Å². The number of hydrogen-bond acceptors (Lipinski definition) is 4. The number of halogens is 3. The third kappa shape index (κ3) is 4.60. The second kappa shape index (κ2) is 8.79. The van der Waals surface area contributed by atoms with Crippen molar-refractivity contribution in [2.75, 3.05) is 0 Å². The normalized spacial score (nSPS) is 25.1. The molecule has 2 aliphatic heterocycles. The highest BCUT2D eigenvalue weighted by Crippen LogP contribution is 2.50. The minimum atomic E-state index is -4.48. The molecule has 3 atom stereocenters. The predicted octanol–water partition coefficient (Wildman–Crippen LogP) is 3.24. The highest BCUT2D eigenvalue weighted by Gasteiger charge is 2.51. The summed E-state index contributed by atoms with van der Waals surface area (Å²) in [4.78, 5) is 50.8. The van der Waals surface area contributed by atoms with Crippen molar-refractivity contribution in [2.24, 2.45) is 17.6 Å². The van der Waals surface area contributed by atoms with Crippen LogP contribution in [0.2, 0.25) is 0 Å². The van der Waals surface area contributed by atoms with Crippen LogP contribution in [0.5, 0.6) is 0 Å². The van der Waals surface area contributed by atoms with Gasteiger partial charge < -0.3 is 10.6 Å². The van der Waals surface area contributed by atoms with Gasteiger partial charge in [0.05, 0.1) is 6.04 Å². The number of piperidine rings is 1. The number of carbonyl (C=O) groups excluding carboxylic acids is 4. The Labute approximate surface area is 188 Å². The molecule has 10 heteroatoms. The van der Waals surface area contributed by atoms with Crippen LogP contribution >= 0.6 is 0 Å². The van der Waals surface area contributed by atoms with Gasteiger partial charge in [0.1, 0.15) is 6.04 Å². The van der Waals surface area contributed by atoms with E-state index in [4.69, 9.17) is 5.73 Å². The van der Waals surface area contributed by atoms with Crippen LogP contribution in [0.25, 0.3) is 0 Å². The molecule has 1 aliphatic carbocycles. The van der Waals surface area contributed by atoms with Crippen molar-refractivity contribution in [3.8, 4) is 0 Å². The van der Waals surface area contributed by atoms with E-state index in [-0.39, 0.29) is 29.9 Å². The zero-order chi connectivity index (χ0) is 23.9. The summed E-state index contributed by atoms with van der Waals surface area (Å²) in [5.41, 5.74) is 5.95. The number of primary amides is 1. The number of rotatable bonds is 5. The number of nitrogens with two attached hydrogens (primary N) is 1. The van der Waals surface area contributed by atoms with Crippen molar-refractivity contribution in [3.05, 3.63) is 34.9 Å². The average Bonchev–Trinajstić information content (AvgIpc) is 3.03. The maximum atomic E-state index is 13.8. The van der Waals surface area contributed by atoms with Crippen LogP contribution in [0.4, 0.5) is 13.2 Å². The van der Waals surface area contributed by atoms with Gasteiger partial charge in [0.15, 0.2) is 0 Å². The van der Waals surface area contributed by atoms with Gasteiger partial charge >= 0.3 is 6.18 Å². The molecule has 3 aliphatic rings. The fourth-order valence-corrected chi connectivity index (χ4v) is 5.66. The Hall–Kier alpha value is -2.91. The quantitative estimate of drug-likeness (QED) is 0.651. The number of nitrogens with one attached hydrogen (secondary N) is 1. The van der Waals surface area contributed by atoms with Crippen LogP contribution in [0.3, 0.4) is 0 Å². The van der Waals surface area contributed by atoms with E-state index in [9.17, 15) is 32.3 Å². The van der Waals surface area contributed by atoms with Crippen molar-refractivity contribution in [1.29, 1.82) is 0 Å². The van der Waals surface area contributed by atoms with Gasteiger partial charge in [-0.15, -0.1) is 0 Å². The van der Waals surface area contributed by atoms with E-state index < -0.39 is 54.2 Å². The molecular formula is C23H26F3N3O4. The van der Waals surface area contributed by atoms with Gasteiger partial charge in [-0.25, -0.2) is 0 Å². The molecule has 2 heterocycles. The second-order valence-electron chi connectivity index (χ2n) is 9.17. The lowest BCUT2D eigenvalue weighted by Gasteiger charge is -2.42. The van der Waals surface area contributed by atoms with Gasteiger partial charge in [-0.2, -0.15) is 13.2 Å². The molecule has 0 spiro atoms. The summed E-state index contributed by atoms with van der Waals surface area (Å²) < 4.78 is 41.4. The van der Waals surface area contributed by atoms with Crippen LogP contribution in [-0.2, 0) is 9.59 Å². The Bertz CT molecular complexity index is 988. The van der Waals surface area contributed by atoms with Crippen LogP contribution in [0.15, 0.2) is 18.2 Å². The molecule has 3 N–H and O–H groups in total. The van der Waals surface area contributed by atoms with Crippen molar-refractivity contribution >= 4 is 23.6 Å². The lowest BCUT2D eigenvalue weighted by Crippen LogP contribution is -2.55. The fraction of sp³-hybridized carbons (Fsp3) is 0.565. The van der Waals surface area contributed by atoms with Gasteiger partial charge in [0, 0.05) is 24.0 Å². The molecule has 0 bridgehead atoms. The summed E-state index contributed by atoms with van der Waals surface area (Å²) in [5.74, 6) is -3.77. The number of amides is 4. The number of carbonyl (C=O) groups is 4. The molecule has 4 rings (SSSR count). The Balaban J connectivity index is 1.84. The van der Waals surface area contributed by atoms with Gasteiger partial charge in [-0.05, 0) is 42.0 Å². The lowest BCUT2D eigenvalue weighted by atomic mass is 9.73. The SMILES string of the molecule is NC(=O)c1ccc2c(c1)C([C@@H](CC(F)(F)F)C1CCCCC1)N(C1CCC(=O)NC1=O)C2=O. The summed E-state index contributed by atoms with van der Waals surface area (Å²) >= 11 is 0. The number of fused-ring (bicyclic) bond motifs is 1. The van der Waals surface area contributed by atoms with Crippen molar-refractivity contribution in [2.45, 2.75) is 69.6 Å². The van der Waals surface area contributed by atoms with Gasteiger partial charge in [0.25, 0.3) is 5.91 Å². The molecule has 7 nitrogen and oxygen atoms in total. The highest BCUT2D eigenvalue weighted by molar-refractivity contribution is 6.06. The first-order chi connectivity index (χ1) is 15.6. The third-order valence-electron chi connectivity index (χ3n) is 7.09. The fourth-order valence-electron chi connectivity index (χ4n) is 5.66. The zero-order valence-electron chi connectivity index (χ0n) is 18.0. The minimum Gasteiger partial charge on any atom is -0.366 e. The molecular weight excluding hydrogens is 439 g/mol. The zero-order valence-corrected chi connectivity index (χ0v) is 18.0. The average molecular weight is 465 g/mol. The monoisotopic (exact) mass is 465 g/mol. The molecule has 1 saturated heterocycles. The standard InChI is InChI=1S/C23H26F3N3O4/c24-23(25,26)11-16(12-4-2-1-3-5-12)19-15-10-13(20(27)31)6-7-14(15)22(33)29(19)17-8-9-18(30)28-21(17)32/h6-7,10,12,16-17,19H,1-5,8-9,11H2,(H2,27,31)(H,28,30,32)/t16-,17?,19?/m0/s1. The van der Waals surface area contributed by atoms with Gasteiger partial charge in [-0.3, -0.25) is 24.5 Å². The molecule has 178 valence electrons.